The van der Waals surface area contributed by atoms with E-state index in [1.54, 1.807) is 6.92 Å². The molecule has 0 spiro atoms. The molecule has 0 aliphatic carbocycles. The van der Waals surface area contributed by atoms with Gasteiger partial charge in [-0.05, 0) is 36.3 Å². The minimum Gasteiger partial charge on any atom is -0.362 e. The average molecular weight is 213 g/mol. The van der Waals surface area contributed by atoms with Crippen molar-refractivity contribution in [3.05, 3.63) is 40.7 Å². The van der Waals surface area contributed by atoms with Crippen molar-refractivity contribution < 1.29 is 4.79 Å². The topological polar surface area (TPSA) is 68.7 Å². The second-order valence-electron chi connectivity index (χ2n) is 3.59. The van der Waals surface area contributed by atoms with Crippen molar-refractivity contribution in [2.24, 2.45) is 0 Å². The van der Waals surface area contributed by atoms with Gasteiger partial charge in [-0.1, -0.05) is 0 Å². The molecule has 1 aliphatic heterocycles. The van der Waals surface area contributed by atoms with Crippen LogP contribution in [0.5, 0.6) is 0 Å². The number of rotatable bonds is 1. The Morgan fingerprint density at radius 2 is 2.38 bits per heavy atom. The fourth-order valence-corrected chi connectivity index (χ4v) is 1.64. The lowest BCUT2D eigenvalue weighted by atomic mass is 9.97. The molecule has 4 heteroatoms. The normalized spacial score (nSPS) is 18.5. The highest BCUT2D eigenvalue weighted by Gasteiger charge is 2.20. The molecule has 4 nitrogen and oxygen atoms in total. The SMILES string of the molecule is CC1=C(C#N)C(=O)NC/C1=C\c1ccc[nH]1. The molecule has 1 aromatic rings. The summed E-state index contributed by atoms with van der Waals surface area (Å²) in [5.74, 6) is -0.288. The molecule has 0 saturated heterocycles. The quantitative estimate of drug-likeness (QED) is 0.739. The fourth-order valence-electron chi connectivity index (χ4n) is 1.64. The van der Waals surface area contributed by atoms with Gasteiger partial charge in [-0.25, -0.2) is 0 Å². The van der Waals surface area contributed by atoms with Gasteiger partial charge < -0.3 is 10.3 Å². The first-order valence-electron chi connectivity index (χ1n) is 4.96. The van der Waals surface area contributed by atoms with Crippen LogP contribution in [0.1, 0.15) is 12.6 Å². The van der Waals surface area contributed by atoms with Crippen LogP contribution in [0, 0.1) is 11.3 Å². The number of nitrogens with zero attached hydrogens (tertiary/aromatic N) is 1. The lowest BCUT2D eigenvalue weighted by Gasteiger charge is -2.17. The van der Waals surface area contributed by atoms with E-state index >= 15 is 0 Å². The lowest BCUT2D eigenvalue weighted by Crippen LogP contribution is -2.32. The van der Waals surface area contributed by atoms with E-state index in [9.17, 15) is 4.79 Å². The molecule has 1 aromatic heterocycles. The van der Waals surface area contributed by atoms with Crippen LogP contribution in [0.4, 0.5) is 0 Å². The third-order valence-electron chi connectivity index (χ3n) is 2.59. The lowest BCUT2D eigenvalue weighted by molar-refractivity contribution is -0.117. The van der Waals surface area contributed by atoms with Gasteiger partial charge >= 0.3 is 0 Å². The Kier molecular flexibility index (Phi) is 2.61. The van der Waals surface area contributed by atoms with Crippen molar-refractivity contribution in [2.75, 3.05) is 6.54 Å². The van der Waals surface area contributed by atoms with Crippen molar-refractivity contribution in [3.63, 3.8) is 0 Å². The van der Waals surface area contributed by atoms with Crippen LogP contribution >= 0.6 is 0 Å². The molecule has 1 aliphatic rings. The van der Waals surface area contributed by atoms with E-state index in [1.807, 2.05) is 30.5 Å². The van der Waals surface area contributed by atoms with Crippen LogP contribution in [-0.2, 0) is 4.79 Å². The fraction of sp³-hybridized carbons (Fsp3) is 0.167. The Morgan fingerprint density at radius 1 is 1.56 bits per heavy atom. The largest absolute Gasteiger partial charge is 0.362 e. The zero-order valence-corrected chi connectivity index (χ0v) is 8.87. The third kappa shape index (κ3) is 1.75. The Morgan fingerprint density at radius 3 is 3.00 bits per heavy atom. The zero-order valence-electron chi connectivity index (χ0n) is 8.87. The van der Waals surface area contributed by atoms with E-state index in [1.165, 1.54) is 0 Å². The molecule has 0 fully saturated rings. The molecule has 2 rings (SSSR count). The second-order valence-corrected chi connectivity index (χ2v) is 3.59. The molecule has 0 atom stereocenters. The summed E-state index contributed by atoms with van der Waals surface area (Å²) in [7, 11) is 0. The minimum absolute atomic E-state index is 0.198. The highest BCUT2D eigenvalue weighted by Crippen LogP contribution is 2.20. The number of H-pyrrole nitrogens is 1. The van der Waals surface area contributed by atoms with Crippen molar-refractivity contribution in [1.29, 1.82) is 5.26 Å². The van der Waals surface area contributed by atoms with Gasteiger partial charge in [0.2, 0.25) is 0 Å². The van der Waals surface area contributed by atoms with E-state index in [0.717, 1.165) is 16.8 Å². The smallest absolute Gasteiger partial charge is 0.262 e. The minimum atomic E-state index is -0.288. The first-order valence-corrected chi connectivity index (χ1v) is 4.96. The first kappa shape index (κ1) is 10.2. The Bertz CT molecular complexity index is 515. The molecule has 80 valence electrons. The molecule has 0 bridgehead atoms. The number of carbonyl (C=O) groups excluding carboxylic acids is 1. The molecular formula is C12H11N3O. The number of hydrogen-bond donors (Lipinski definition) is 2. The van der Waals surface area contributed by atoms with Gasteiger partial charge in [-0.3, -0.25) is 4.79 Å². The summed E-state index contributed by atoms with van der Waals surface area (Å²) >= 11 is 0. The number of aromatic nitrogens is 1. The van der Waals surface area contributed by atoms with E-state index in [-0.39, 0.29) is 11.5 Å². The van der Waals surface area contributed by atoms with Gasteiger partial charge in [0.05, 0.1) is 0 Å². The third-order valence-corrected chi connectivity index (χ3v) is 2.59. The van der Waals surface area contributed by atoms with Gasteiger partial charge in [0.1, 0.15) is 11.6 Å². The monoisotopic (exact) mass is 213 g/mol. The van der Waals surface area contributed by atoms with Gasteiger partial charge in [0, 0.05) is 18.4 Å². The van der Waals surface area contributed by atoms with E-state index in [2.05, 4.69) is 10.3 Å². The second kappa shape index (κ2) is 4.07. The number of amides is 1. The van der Waals surface area contributed by atoms with Gasteiger partial charge in [-0.15, -0.1) is 0 Å². The molecule has 1 amide bonds. The van der Waals surface area contributed by atoms with Crippen molar-refractivity contribution in [3.8, 4) is 6.07 Å². The number of nitriles is 1. The standard InChI is InChI=1S/C12H11N3O/c1-8-9(5-10-3-2-4-14-10)7-15-12(16)11(8)6-13/h2-5,14H,7H2,1H3,(H,15,16)/b9-5+. The Labute approximate surface area is 93.3 Å². The summed E-state index contributed by atoms with van der Waals surface area (Å²) in [6, 6.07) is 5.76. The molecule has 0 saturated carbocycles. The van der Waals surface area contributed by atoms with Crippen molar-refractivity contribution >= 4 is 12.0 Å². The summed E-state index contributed by atoms with van der Waals surface area (Å²) in [6.07, 6.45) is 3.77. The molecule has 0 radical (unpaired) electrons. The van der Waals surface area contributed by atoms with Crippen LogP contribution in [0.25, 0.3) is 6.08 Å². The summed E-state index contributed by atoms with van der Waals surface area (Å²) in [5, 5.41) is 11.5. The summed E-state index contributed by atoms with van der Waals surface area (Å²) in [5.41, 5.74) is 2.87. The van der Waals surface area contributed by atoms with E-state index in [4.69, 9.17) is 5.26 Å². The van der Waals surface area contributed by atoms with Gasteiger partial charge in [0.15, 0.2) is 0 Å². The molecule has 2 heterocycles. The number of aromatic amines is 1. The highest BCUT2D eigenvalue weighted by molar-refractivity contribution is 6.00. The molecule has 2 N–H and O–H groups in total. The molecule has 0 aromatic carbocycles. The number of hydrogen-bond acceptors (Lipinski definition) is 2. The van der Waals surface area contributed by atoms with Crippen LogP contribution in [0.2, 0.25) is 0 Å². The van der Waals surface area contributed by atoms with E-state index < -0.39 is 0 Å². The van der Waals surface area contributed by atoms with E-state index in [0.29, 0.717) is 6.54 Å². The predicted molar refractivity (Wildman–Crippen MR) is 60.1 cm³/mol. The van der Waals surface area contributed by atoms with Crippen LogP contribution < -0.4 is 5.32 Å². The summed E-state index contributed by atoms with van der Waals surface area (Å²) < 4.78 is 0. The molecule has 16 heavy (non-hydrogen) atoms. The van der Waals surface area contributed by atoms with Crippen LogP contribution in [-0.4, -0.2) is 17.4 Å². The van der Waals surface area contributed by atoms with Crippen LogP contribution in [0.15, 0.2) is 35.0 Å². The first-order chi connectivity index (χ1) is 7.72. The average Bonchev–Trinajstić information content (AvgIpc) is 2.76. The van der Waals surface area contributed by atoms with Gasteiger partial charge in [0.25, 0.3) is 5.91 Å². The van der Waals surface area contributed by atoms with Crippen molar-refractivity contribution in [2.45, 2.75) is 6.92 Å². The maximum absolute atomic E-state index is 11.4. The summed E-state index contributed by atoms with van der Waals surface area (Å²) in [6.45, 7) is 2.26. The Hall–Kier alpha value is -2.28. The number of nitrogens with one attached hydrogen (secondary N) is 2. The predicted octanol–water partition coefficient (Wildman–Crippen LogP) is 1.37. The zero-order chi connectivity index (χ0) is 11.5. The van der Waals surface area contributed by atoms with Gasteiger partial charge in [-0.2, -0.15) is 5.26 Å². The molecular weight excluding hydrogens is 202 g/mol. The summed E-state index contributed by atoms with van der Waals surface area (Å²) in [4.78, 5) is 14.4. The Balaban J connectivity index is 2.42. The van der Waals surface area contributed by atoms with Crippen LogP contribution in [0.3, 0.4) is 0 Å². The maximum Gasteiger partial charge on any atom is 0.262 e. The number of carbonyl (C=O) groups is 1. The molecule has 0 unspecified atom stereocenters. The highest BCUT2D eigenvalue weighted by atomic mass is 16.1. The van der Waals surface area contributed by atoms with Crippen molar-refractivity contribution in [1.82, 2.24) is 10.3 Å². The maximum atomic E-state index is 11.4.